The normalized spacial score (nSPS) is 14.6. The van der Waals surface area contributed by atoms with Crippen molar-refractivity contribution in [3.63, 3.8) is 0 Å². The summed E-state index contributed by atoms with van der Waals surface area (Å²) >= 11 is 7.75. The molecule has 1 aromatic carbocycles. The maximum atomic E-state index is 11.8. The number of carbonyl (C=O) groups excluding carboxylic acids is 3. The Morgan fingerprint density at radius 2 is 1.96 bits per heavy atom. The van der Waals surface area contributed by atoms with Crippen LogP contribution in [0.2, 0.25) is 5.02 Å². The van der Waals surface area contributed by atoms with Crippen molar-refractivity contribution in [2.45, 2.75) is 31.7 Å². The van der Waals surface area contributed by atoms with Gasteiger partial charge in [-0.2, -0.15) is 0 Å². The monoisotopic (exact) mass is 406 g/mol. The smallest absolute Gasteiger partial charge is 0.331 e. The molecule has 0 aliphatic heterocycles. The van der Waals surface area contributed by atoms with Gasteiger partial charge in [-0.25, -0.2) is 9.59 Å². The molecule has 0 atom stereocenters. The van der Waals surface area contributed by atoms with Gasteiger partial charge >= 0.3 is 12.0 Å². The topological polar surface area (TPSA) is 84.5 Å². The summed E-state index contributed by atoms with van der Waals surface area (Å²) in [6, 6.07) is 7.21. The number of fused-ring (bicyclic) bond motifs is 1. The van der Waals surface area contributed by atoms with Crippen molar-refractivity contribution in [3.8, 4) is 0 Å². The van der Waals surface area contributed by atoms with Crippen LogP contribution in [0.25, 0.3) is 16.2 Å². The number of thiophene rings is 1. The molecule has 0 radical (unpaired) electrons. The van der Waals surface area contributed by atoms with Crippen LogP contribution in [-0.4, -0.2) is 30.6 Å². The Balaban J connectivity index is 1.45. The second-order valence-electron chi connectivity index (χ2n) is 6.22. The summed E-state index contributed by atoms with van der Waals surface area (Å²) in [5.41, 5.74) is 0. The molecule has 1 fully saturated rings. The summed E-state index contributed by atoms with van der Waals surface area (Å²) in [7, 11) is 0. The van der Waals surface area contributed by atoms with Gasteiger partial charge in [0.05, 0.1) is 5.02 Å². The highest BCUT2D eigenvalue weighted by Gasteiger charge is 2.18. The average Bonchev–Trinajstić information content (AvgIpc) is 3.26. The maximum Gasteiger partial charge on any atom is 0.331 e. The minimum atomic E-state index is -0.685. The molecule has 0 spiro atoms. The van der Waals surface area contributed by atoms with Crippen LogP contribution >= 0.6 is 22.9 Å². The molecule has 142 valence electrons. The minimum absolute atomic E-state index is 0.106. The summed E-state index contributed by atoms with van der Waals surface area (Å²) in [6.07, 6.45) is 6.76. The van der Waals surface area contributed by atoms with Gasteiger partial charge in [0.1, 0.15) is 0 Å². The van der Waals surface area contributed by atoms with Gasteiger partial charge in [0.15, 0.2) is 6.61 Å². The van der Waals surface area contributed by atoms with Crippen molar-refractivity contribution in [1.82, 2.24) is 10.6 Å². The molecule has 1 saturated carbocycles. The second-order valence-corrected chi connectivity index (χ2v) is 7.68. The van der Waals surface area contributed by atoms with E-state index in [1.807, 2.05) is 24.3 Å². The van der Waals surface area contributed by atoms with E-state index in [0.29, 0.717) is 5.02 Å². The molecule has 27 heavy (non-hydrogen) atoms. The summed E-state index contributed by atoms with van der Waals surface area (Å²) < 4.78 is 5.87. The van der Waals surface area contributed by atoms with Gasteiger partial charge in [-0.1, -0.05) is 42.6 Å². The molecule has 1 aliphatic rings. The predicted molar refractivity (Wildman–Crippen MR) is 106 cm³/mol. The molecule has 8 heteroatoms. The van der Waals surface area contributed by atoms with Gasteiger partial charge in [0, 0.05) is 27.1 Å². The van der Waals surface area contributed by atoms with Crippen molar-refractivity contribution in [2.24, 2.45) is 0 Å². The Labute approximate surface area is 165 Å². The van der Waals surface area contributed by atoms with Crippen LogP contribution in [0.5, 0.6) is 0 Å². The Hall–Kier alpha value is -2.38. The standard InChI is InChI=1S/C19H19ClN2O4S/c20-18-13-7-3-4-8-14(13)27-15(18)9-10-17(24)26-11-16(23)22-19(25)21-12-5-1-2-6-12/h3-4,7-10,12H,1-2,5-6,11H2,(H2,21,22,23,25)/b10-9+. The van der Waals surface area contributed by atoms with E-state index in [2.05, 4.69) is 10.6 Å². The van der Waals surface area contributed by atoms with Gasteiger partial charge in [-0.05, 0) is 25.0 Å². The number of imide groups is 1. The van der Waals surface area contributed by atoms with Crippen molar-refractivity contribution in [1.29, 1.82) is 0 Å². The zero-order chi connectivity index (χ0) is 19.2. The molecule has 1 aliphatic carbocycles. The van der Waals surface area contributed by atoms with Gasteiger partial charge in [0.25, 0.3) is 5.91 Å². The molecule has 1 aromatic heterocycles. The van der Waals surface area contributed by atoms with E-state index in [4.69, 9.17) is 16.3 Å². The maximum absolute atomic E-state index is 11.8. The first-order valence-electron chi connectivity index (χ1n) is 8.65. The minimum Gasteiger partial charge on any atom is -0.452 e. The Morgan fingerprint density at radius 1 is 1.22 bits per heavy atom. The third-order valence-electron chi connectivity index (χ3n) is 4.22. The molecule has 0 bridgehead atoms. The van der Waals surface area contributed by atoms with Gasteiger partial charge in [0.2, 0.25) is 0 Å². The van der Waals surface area contributed by atoms with E-state index in [1.165, 1.54) is 17.4 Å². The summed E-state index contributed by atoms with van der Waals surface area (Å²) in [6.45, 7) is -0.526. The number of hydrogen-bond acceptors (Lipinski definition) is 5. The van der Waals surface area contributed by atoms with Crippen LogP contribution in [-0.2, 0) is 14.3 Å². The molecular formula is C19H19ClN2O4S. The lowest BCUT2D eigenvalue weighted by molar-refractivity contribution is -0.143. The van der Waals surface area contributed by atoms with E-state index in [9.17, 15) is 14.4 Å². The zero-order valence-electron chi connectivity index (χ0n) is 14.5. The Kier molecular flexibility index (Phi) is 6.47. The number of halogens is 1. The number of benzene rings is 1. The van der Waals surface area contributed by atoms with E-state index < -0.39 is 24.5 Å². The molecule has 0 unspecified atom stereocenters. The van der Waals surface area contributed by atoms with Crippen molar-refractivity contribution >= 4 is 57.0 Å². The van der Waals surface area contributed by atoms with E-state index in [1.54, 1.807) is 6.08 Å². The van der Waals surface area contributed by atoms with Gasteiger partial charge in [-0.15, -0.1) is 11.3 Å². The number of esters is 1. The first-order chi connectivity index (χ1) is 13.0. The molecule has 3 amide bonds. The highest BCUT2D eigenvalue weighted by Crippen LogP contribution is 2.35. The van der Waals surface area contributed by atoms with E-state index >= 15 is 0 Å². The Morgan fingerprint density at radius 3 is 2.70 bits per heavy atom. The van der Waals surface area contributed by atoms with Crippen LogP contribution in [0.15, 0.2) is 30.3 Å². The number of nitrogens with one attached hydrogen (secondary N) is 2. The SMILES string of the molecule is O=C(COC(=O)/C=C/c1sc2ccccc2c1Cl)NC(=O)NC1CCCC1. The third-order valence-corrected chi connectivity index (χ3v) is 5.87. The van der Waals surface area contributed by atoms with Crippen molar-refractivity contribution in [2.75, 3.05) is 6.61 Å². The number of carbonyl (C=O) groups is 3. The van der Waals surface area contributed by atoms with Crippen molar-refractivity contribution in [3.05, 3.63) is 40.2 Å². The Bertz CT molecular complexity index is 887. The molecule has 0 saturated heterocycles. The van der Waals surface area contributed by atoms with Crippen molar-refractivity contribution < 1.29 is 19.1 Å². The highest BCUT2D eigenvalue weighted by molar-refractivity contribution is 7.20. The molecular weight excluding hydrogens is 388 g/mol. The molecule has 1 heterocycles. The third kappa shape index (κ3) is 5.30. The first kappa shape index (κ1) is 19.4. The van der Waals surface area contributed by atoms with Gasteiger partial charge < -0.3 is 10.1 Å². The number of ether oxygens (including phenoxy) is 1. The van der Waals surface area contributed by atoms with E-state index in [-0.39, 0.29) is 6.04 Å². The predicted octanol–water partition coefficient (Wildman–Crippen LogP) is 3.88. The quantitative estimate of drug-likeness (QED) is 0.583. The average molecular weight is 407 g/mol. The number of hydrogen-bond donors (Lipinski definition) is 2. The zero-order valence-corrected chi connectivity index (χ0v) is 16.1. The van der Waals surface area contributed by atoms with Crippen LogP contribution < -0.4 is 10.6 Å². The van der Waals surface area contributed by atoms with Crippen LogP contribution in [0, 0.1) is 0 Å². The fraction of sp³-hybridized carbons (Fsp3) is 0.316. The fourth-order valence-corrected chi connectivity index (χ4v) is 4.32. The molecule has 2 N–H and O–H groups in total. The molecule has 6 nitrogen and oxygen atoms in total. The van der Waals surface area contributed by atoms with Crippen LogP contribution in [0.4, 0.5) is 4.79 Å². The molecule has 3 rings (SSSR count). The number of urea groups is 1. The highest BCUT2D eigenvalue weighted by atomic mass is 35.5. The summed E-state index contributed by atoms with van der Waals surface area (Å²) in [5, 5.41) is 6.37. The first-order valence-corrected chi connectivity index (χ1v) is 9.84. The largest absolute Gasteiger partial charge is 0.452 e. The number of rotatable bonds is 5. The summed E-state index contributed by atoms with van der Waals surface area (Å²) in [5.74, 6) is -1.36. The van der Waals surface area contributed by atoms with Crippen LogP contribution in [0.3, 0.4) is 0 Å². The summed E-state index contributed by atoms with van der Waals surface area (Å²) in [4.78, 5) is 35.9. The molecule has 2 aromatic rings. The van der Waals surface area contributed by atoms with Crippen LogP contribution in [0.1, 0.15) is 30.6 Å². The lowest BCUT2D eigenvalue weighted by Crippen LogP contribution is -2.44. The second kappa shape index (κ2) is 9.01. The fourth-order valence-electron chi connectivity index (χ4n) is 2.92. The lowest BCUT2D eigenvalue weighted by atomic mass is 10.2. The van der Waals surface area contributed by atoms with E-state index in [0.717, 1.165) is 40.6 Å². The lowest BCUT2D eigenvalue weighted by Gasteiger charge is -2.12. The van der Waals surface area contributed by atoms with Gasteiger partial charge in [-0.3, -0.25) is 10.1 Å². The number of amides is 3.